The van der Waals surface area contributed by atoms with Crippen molar-refractivity contribution in [3.8, 4) is 0 Å². The van der Waals surface area contributed by atoms with Crippen LogP contribution in [0.5, 0.6) is 0 Å². The van der Waals surface area contributed by atoms with E-state index in [4.69, 9.17) is 5.11 Å². The maximum absolute atomic E-state index is 12.5. The molecule has 2 unspecified atom stereocenters. The first kappa shape index (κ1) is 18.0. The highest BCUT2D eigenvalue weighted by molar-refractivity contribution is 5.83. The Morgan fingerprint density at radius 3 is 2.38 bits per heavy atom. The predicted molar refractivity (Wildman–Crippen MR) is 83.1 cm³/mol. The second-order valence-electron chi connectivity index (χ2n) is 6.43. The van der Waals surface area contributed by atoms with Crippen molar-refractivity contribution in [2.75, 3.05) is 13.1 Å². The van der Waals surface area contributed by atoms with Crippen molar-refractivity contribution < 1.29 is 14.7 Å². The number of piperidine rings is 1. The van der Waals surface area contributed by atoms with Crippen LogP contribution in [0.4, 0.5) is 0 Å². The second kappa shape index (κ2) is 8.37. The first-order chi connectivity index (χ1) is 9.91. The van der Waals surface area contributed by atoms with Gasteiger partial charge in [0.2, 0.25) is 5.91 Å². The molecule has 0 aromatic heterocycles. The normalized spacial score (nSPS) is 20.5. The van der Waals surface area contributed by atoms with Crippen molar-refractivity contribution in [1.29, 1.82) is 0 Å². The van der Waals surface area contributed by atoms with Gasteiger partial charge in [-0.15, -0.1) is 0 Å². The molecule has 1 aliphatic rings. The molecule has 0 radical (unpaired) electrons. The summed E-state index contributed by atoms with van der Waals surface area (Å²) in [5, 5.41) is 15.3. The third-order valence-electron chi connectivity index (χ3n) is 4.79. The first-order valence-electron chi connectivity index (χ1n) is 8.16. The minimum absolute atomic E-state index is 0.108. The number of aliphatic carboxylic acids is 1. The molecule has 0 aromatic rings. The van der Waals surface area contributed by atoms with Crippen molar-refractivity contribution >= 4 is 11.9 Å². The van der Waals surface area contributed by atoms with Crippen LogP contribution in [0, 0.1) is 11.3 Å². The summed E-state index contributed by atoms with van der Waals surface area (Å²) in [4.78, 5) is 23.3. The van der Waals surface area contributed by atoms with Gasteiger partial charge >= 0.3 is 5.97 Å². The van der Waals surface area contributed by atoms with Crippen LogP contribution in [0.3, 0.4) is 0 Å². The zero-order valence-corrected chi connectivity index (χ0v) is 13.6. The van der Waals surface area contributed by atoms with Crippen LogP contribution < -0.4 is 10.6 Å². The Labute approximate surface area is 127 Å². The lowest BCUT2D eigenvalue weighted by Crippen LogP contribution is -2.49. The topological polar surface area (TPSA) is 78.4 Å². The lowest BCUT2D eigenvalue weighted by molar-refractivity contribution is -0.141. The monoisotopic (exact) mass is 298 g/mol. The van der Waals surface area contributed by atoms with E-state index in [9.17, 15) is 9.59 Å². The number of carboxylic acids is 1. The summed E-state index contributed by atoms with van der Waals surface area (Å²) >= 11 is 0. The molecule has 1 rings (SSSR count). The minimum atomic E-state index is -0.744. The molecule has 2 atom stereocenters. The van der Waals surface area contributed by atoms with E-state index in [0.717, 1.165) is 45.2 Å². The number of rotatable bonds is 8. The average Bonchev–Trinajstić information content (AvgIpc) is 2.47. The van der Waals surface area contributed by atoms with E-state index < -0.39 is 5.97 Å². The van der Waals surface area contributed by atoms with Crippen LogP contribution in [-0.4, -0.2) is 36.1 Å². The number of carboxylic acid groups (broad SMARTS) is 1. The number of carbonyl (C=O) groups excluding carboxylic acids is 1. The molecule has 0 saturated carbocycles. The second-order valence-corrected chi connectivity index (χ2v) is 6.43. The maximum atomic E-state index is 12.5. The standard InChI is InChI=1S/C16H30N2O3/c1-4-16(8-10-17-11-9-16)15(21)18-13(3)7-5-6-12(2)14(19)20/h12-13,17H,4-11H2,1-3H3,(H,18,21)(H,19,20). The van der Waals surface area contributed by atoms with Gasteiger partial charge in [-0.1, -0.05) is 20.3 Å². The van der Waals surface area contributed by atoms with Gasteiger partial charge in [0.15, 0.2) is 0 Å². The van der Waals surface area contributed by atoms with Gasteiger partial charge in [-0.2, -0.15) is 0 Å². The summed E-state index contributed by atoms with van der Waals surface area (Å²) in [6.07, 6.45) is 5.01. The third kappa shape index (κ3) is 5.30. The van der Waals surface area contributed by atoms with Gasteiger partial charge < -0.3 is 15.7 Å². The molecule has 1 amide bonds. The van der Waals surface area contributed by atoms with Crippen LogP contribution in [0.1, 0.15) is 59.3 Å². The maximum Gasteiger partial charge on any atom is 0.306 e. The van der Waals surface area contributed by atoms with E-state index in [1.54, 1.807) is 6.92 Å². The predicted octanol–water partition coefficient (Wildman–Crippen LogP) is 2.16. The van der Waals surface area contributed by atoms with E-state index in [-0.39, 0.29) is 23.3 Å². The smallest absolute Gasteiger partial charge is 0.306 e. The van der Waals surface area contributed by atoms with Gasteiger partial charge in [-0.3, -0.25) is 9.59 Å². The summed E-state index contributed by atoms with van der Waals surface area (Å²) in [6.45, 7) is 7.64. The number of hydrogen-bond donors (Lipinski definition) is 3. The van der Waals surface area contributed by atoms with Gasteiger partial charge in [0.25, 0.3) is 0 Å². The Morgan fingerprint density at radius 1 is 1.24 bits per heavy atom. The van der Waals surface area contributed by atoms with E-state index in [1.165, 1.54) is 0 Å². The SMILES string of the molecule is CCC1(C(=O)NC(C)CCCC(C)C(=O)O)CCNCC1. The number of hydrogen-bond acceptors (Lipinski definition) is 3. The Balaban J connectivity index is 2.37. The summed E-state index contributed by atoms with van der Waals surface area (Å²) in [5.41, 5.74) is -0.214. The molecule has 3 N–H and O–H groups in total. The molecule has 0 bridgehead atoms. The fourth-order valence-corrected chi connectivity index (χ4v) is 2.95. The number of nitrogens with one attached hydrogen (secondary N) is 2. The van der Waals surface area contributed by atoms with Gasteiger partial charge in [0.1, 0.15) is 0 Å². The van der Waals surface area contributed by atoms with Crippen molar-refractivity contribution in [2.45, 2.75) is 65.3 Å². The quantitative estimate of drug-likeness (QED) is 0.641. The van der Waals surface area contributed by atoms with Crippen LogP contribution >= 0.6 is 0 Å². The highest BCUT2D eigenvalue weighted by Crippen LogP contribution is 2.32. The van der Waals surface area contributed by atoms with Crippen molar-refractivity contribution in [3.63, 3.8) is 0 Å². The van der Waals surface area contributed by atoms with E-state index in [1.807, 2.05) is 6.92 Å². The Bertz CT molecular complexity index is 351. The largest absolute Gasteiger partial charge is 0.481 e. The highest BCUT2D eigenvalue weighted by Gasteiger charge is 2.37. The molecule has 5 nitrogen and oxygen atoms in total. The zero-order chi connectivity index (χ0) is 15.9. The lowest BCUT2D eigenvalue weighted by atomic mass is 9.75. The molecule has 0 aliphatic carbocycles. The minimum Gasteiger partial charge on any atom is -0.481 e. The van der Waals surface area contributed by atoms with Crippen molar-refractivity contribution in [1.82, 2.24) is 10.6 Å². The van der Waals surface area contributed by atoms with Crippen LogP contribution in [0.2, 0.25) is 0 Å². The molecule has 122 valence electrons. The van der Waals surface area contributed by atoms with E-state index in [0.29, 0.717) is 6.42 Å². The van der Waals surface area contributed by atoms with Gasteiger partial charge in [0.05, 0.1) is 11.3 Å². The Morgan fingerprint density at radius 2 is 1.86 bits per heavy atom. The van der Waals surface area contributed by atoms with Crippen LogP contribution in [-0.2, 0) is 9.59 Å². The summed E-state index contributed by atoms with van der Waals surface area (Å²) < 4.78 is 0. The molecular formula is C16H30N2O3. The molecule has 0 aromatic carbocycles. The first-order valence-corrected chi connectivity index (χ1v) is 8.16. The fraction of sp³-hybridized carbons (Fsp3) is 0.875. The highest BCUT2D eigenvalue weighted by atomic mass is 16.4. The van der Waals surface area contributed by atoms with Gasteiger partial charge in [-0.25, -0.2) is 0 Å². The molecule has 1 aliphatic heterocycles. The third-order valence-corrected chi connectivity index (χ3v) is 4.79. The fourth-order valence-electron chi connectivity index (χ4n) is 2.95. The van der Waals surface area contributed by atoms with E-state index in [2.05, 4.69) is 17.6 Å². The summed E-state index contributed by atoms with van der Waals surface area (Å²) in [7, 11) is 0. The molecular weight excluding hydrogens is 268 g/mol. The Kier molecular flexibility index (Phi) is 7.15. The van der Waals surface area contributed by atoms with E-state index >= 15 is 0 Å². The molecule has 1 fully saturated rings. The van der Waals surface area contributed by atoms with Crippen molar-refractivity contribution in [2.24, 2.45) is 11.3 Å². The van der Waals surface area contributed by atoms with Crippen molar-refractivity contribution in [3.05, 3.63) is 0 Å². The summed E-state index contributed by atoms with van der Waals surface area (Å²) in [6, 6.07) is 0.108. The average molecular weight is 298 g/mol. The Hall–Kier alpha value is -1.10. The molecule has 0 spiro atoms. The zero-order valence-electron chi connectivity index (χ0n) is 13.6. The van der Waals surface area contributed by atoms with Crippen LogP contribution in [0.25, 0.3) is 0 Å². The summed E-state index contributed by atoms with van der Waals surface area (Å²) in [5.74, 6) is -0.879. The molecule has 1 heterocycles. The molecule has 1 saturated heterocycles. The van der Waals surface area contributed by atoms with Gasteiger partial charge in [-0.05, 0) is 52.1 Å². The van der Waals surface area contributed by atoms with Crippen LogP contribution in [0.15, 0.2) is 0 Å². The van der Waals surface area contributed by atoms with Gasteiger partial charge in [0, 0.05) is 6.04 Å². The number of amides is 1. The molecule has 21 heavy (non-hydrogen) atoms. The lowest BCUT2D eigenvalue weighted by Gasteiger charge is -2.36. The number of carbonyl (C=O) groups is 2. The molecule has 5 heteroatoms.